The Morgan fingerprint density at radius 2 is 1.78 bits per heavy atom. The number of nitrogens with zero attached hydrogens (tertiary/aromatic N) is 2. The minimum atomic E-state index is -0.160. The summed E-state index contributed by atoms with van der Waals surface area (Å²) in [6.07, 6.45) is 2.63. The Kier molecular flexibility index (Phi) is 5.81. The van der Waals surface area contributed by atoms with Crippen LogP contribution in [0.5, 0.6) is 5.75 Å². The number of aromatic nitrogens is 2. The fourth-order valence-corrected chi connectivity index (χ4v) is 2.78. The monoisotopic (exact) mass is 361 g/mol. The molecule has 138 valence electrons. The topological polar surface area (TPSA) is 75.1 Å². The molecule has 1 aromatic heterocycles. The molecule has 2 N–H and O–H groups in total. The second-order valence-electron chi connectivity index (χ2n) is 6.91. The van der Waals surface area contributed by atoms with Crippen LogP contribution in [-0.2, 0) is 17.6 Å². The Labute approximate surface area is 159 Å². The number of hydrogen-bond donors (Lipinski definition) is 2. The normalized spacial score (nSPS) is 10.8. The highest BCUT2D eigenvalue weighted by molar-refractivity contribution is 5.92. The number of phenols is 1. The Bertz CT molecular complexity index is 907. The molecule has 3 rings (SSSR count). The number of benzene rings is 2. The van der Waals surface area contributed by atoms with Gasteiger partial charge in [-0.2, -0.15) is 0 Å². The van der Waals surface area contributed by atoms with Gasteiger partial charge in [0.25, 0.3) is 0 Å². The maximum atomic E-state index is 12.4. The van der Waals surface area contributed by atoms with Crippen LogP contribution in [0.15, 0.2) is 60.8 Å². The number of aromatic hydroxyl groups is 1. The molecule has 0 unspecified atom stereocenters. The summed E-state index contributed by atoms with van der Waals surface area (Å²) in [5, 5.41) is 12.2. The summed E-state index contributed by atoms with van der Waals surface area (Å²) in [7, 11) is 0. The summed E-state index contributed by atoms with van der Waals surface area (Å²) in [4.78, 5) is 21.6. The minimum absolute atomic E-state index is 0.160. The fourth-order valence-electron chi connectivity index (χ4n) is 2.78. The Balaban J connectivity index is 1.80. The van der Waals surface area contributed by atoms with E-state index in [4.69, 9.17) is 4.98 Å². The highest BCUT2D eigenvalue weighted by Gasteiger charge is 2.14. The summed E-state index contributed by atoms with van der Waals surface area (Å²) >= 11 is 0. The molecular formula is C22H23N3O2. The molecule has 1 heterocycles. The summed E-state index contributed by atoms with van der Waals surface area (Å²) < 4.78 is 0. The van der Waals surface area contributed by atoms with Crippen molar-refractivity contribution in [2.75, 3.05) is 5.32 Å². The maximum Gasteiger partial charge on any atom is 0.229 e. The molecule has 0 atom stereocenters. The van der Waals surface area contributed by atoms with Crippen LogP contribution in [0, 0.1) is 5.92 Å². The molecule has 1 amide bonds. The van der Waals surface area contributed by atoms with Gasteiger partial charge in [0.2, 0.25) is 5.91 Å². The largest absolute Gasteiger partial charge is 0.508 e. The minimum Gasteiger partial charge on any atom is -0.508 e. The smallest absolute Gasteiger partial charge is 0.229 e. The first kappa shape index (κ1) is 18.6. The number of carbonyl (C=O) groups excluding carboxylic acids is 1. The molecular weight excluding hydrogens is 338 g/mol. The molecule has 0 aliphatic heterocycles. The van der Waals surface area contributed by atoms with Crippen molar-refractivity contribution in [2.24, 2.45) is 5.92 Å². The van der Waals surface area contributed by atoms with E-state index in [-0.39, 0.29) is 18.1 Å². The van der Waals surface area contributed by atoms with Gasteiger partial charge in [0, 0.05) is 5.56 Å². The Hall–Kier alpha value is -3.21. The zero-order valence-corrected chi connectivity index (χ0v) is 15.5. The molecule has 0 radical (unpaired) electrons. The second-order valence-corrected chi connectivity index (χ2v) is 6.91. The van der Waals surface area contributed by atoms with Crippen LogP contribution in [0.4, 0.5) is 5.82 Å². The summed E-state index contributed by atoms with van der Waals surface area (Å²) in [6, 6.07) is 16.5. The third kappa shape index (κ3) is 5.14. The molecule has 5 nitrogen and oxygen atoms in total. The predicted molar refractivity (Wildman–Crippen MR) is 106 cm³/mol. The zero-order chi connectivity index (χ0) is 19.2. The average Bonchev–Trinajstić information content (AvgIpc) is 2.65. The molecule has 0 aliphatic carbocycles. The van der Waals surface area contributed by atoms with Crippen molar-refractivity contribution in [3.8, 4) is 17.0 Å². The van der Waals surface area contributed by atoms with Crippen molar-refractivity contribution < 1.29 is 9.90 Å². The standard InChI is InChI=1S/C22H23N3O2/c1-15(2)12-19-22(23-14-20(24-19)17-6-4-3-5-7-17)25-21(27)13-16-8-10-18(26)11-9-16/h3-11,14-15,26H,12-13H2,1-2H3,(H,23,25,27). The molecule has 2 aromatic carbocycles. The number of anilines is 1. The highest BCUT2D eigenvalue weighted by Crippen LogP contribution is 2.21. The van der Waals surface area contributed by atoms with E-state index in [1.54, 1.807) is 30.5 Å². The van der Waals surface area contributed by atoms with E-state index in [1.165, 1.54) is 0 Å². The molecule has 0 aliphatic rings. The van der Waals surface area contributed by atoms with Gasteiger partial charge in [-0.15, -0.1) is 0 Å². The van der Waals surface area contributed by atoms with Crippen molar-refractivity contribution in [2.45, 2.75) is 26.7 Å². The van der Waals surface area contributed by atoms with Crippen LogP contribution < -0.4 is 5.32 Å². The van der Waals surface area contributed by atoms with Gasteiger partial charge in [-0.3, -0.25) is 4.79 Å². The number of phenolic OH excluding ortho intramolecular Hbond substituents is 1. The lowest BCUT2D eigenvalue weighted by atomic mass is 10.1. The van der Waals surface area contributed by atoms with Gasteiger partial charge >= 0.3 is 0 Å². The lowest BCUT2D eigenvalue weighted by Crippen LogP contribution is -2.18. The van der Waals surface area contributed by atoms with Crippen LogP contribution in [0.2, 0.25) is 0 Å². The molecule has 27 heavy (non-hydrogen) atoms. The van der Waals surface area contributed by atoms with Crippen LogP contribution in [0.25, 0.3) is 11.3 Å². The van der Waals surface area contributed by atoms with Gasteiger partial charge < -0.3 is 10.4 Å². The van der Waals surface area contributed by atoms with Gasteiger partial charge in [0.15, 0.2) is 5.82 Å². The molecule has 5 heteroatoms. The summed E-state index contributed by atoms with van der Waals surface area (Å²) in [5.41, 5.74) is 3.40. The van der Waals surface area contributed by atoms with Crippen LogP contribution >= 0.6 is 0 Å². The molecule has 0 bridgehead atoms. The van der Waals surface area contributed by atoms with Crippen molar-refractivity contribution >= 4 is 11.7 Å². The number of hydrogen-bond acceptors (Lipinski definition) is 4. The number of rotatable bonds is 6. The van der Waals surface area contributed by atoms with E-state index >= 15 is 0 Å². The first-order valence-electron chi connectivity index (χ1n) is 9.00. The zero-order valence-electron chi connectivity index (χ0n) is 15.5. The Morgan fingerprint density at radius 1 is 1.07 bits per heavy atom. The van der Waals surface area contributed by atoms with Crippen molar-refractivity contribution in [1.29, 1.82) is 0 Å². The second kappa shape index (κ2) is 8.45. The van der Waals surface area contributed by atoms with E-state index in [0.29, 0.717) is 11.7 Å². The van der Waals surface area contributed by atoms with Crippen molar-refractivity contribution in [1.82, 2.24) is 9.97 Å². The number of carbonyl (C=O) groups is 1. The number of nitrogens with one attached hydrogen (secondary N) is 1. The SMILES string of the molecule is CC(C)Cc1nc(-c2ccccc2)cnc1NC(=O)Cc1ccc(O)cc1. The van der Waals surface area contributed by atoms with Crippen LogP contribution in [0.1, 0.15) is 25.1 Å². The highest BCUT2D eigenvalue weighted by atomic mass is 16.3. The van der Waals surface area contributed by atoms with E-state index in [1.807, 2.05) is 30.3 Å². The predicted octanol–water partition coefficient (Wildman–Crippen LogP) is 4.23. The van der Waals surface area contributed by atoms with Gasteiger partial charge in [-0.25, -0.2) is 9.97 Å². The van der Waals surface area contributed by atoms with E-state index < -0.39 is 0 Å². The molecule has 3 aromatic rings. The average molecular weight is 361 g/mol. The van der Waals surface area contributed by atoms with Crippen molar-refractivity contribution in [3.05, 3.63) is 72.1 Å². The first-order chi connectivity index (χ1) is 13.0. The van der Waals surface area contributed by atoms with E-state index in [0.717, 1.165) is 28.9 Å². The molecule has 0 fully saturated rings. The van der Waals surface area contributed by atoms with Crippen LogP contribution in [-0.4, -0.2) is 21.0 Å². The van der Waals surface area contributed by atoms with E-state index in [2.05, 4.69) is 24.1 Å². The van der Waals surface area contributed by atoms with Crippen LogP contribution in [0.3, 0.4) is 0 Å². The number of amides is 1. The van der Waals surface area contributed by atoms with Gasteiger partial charge in [0.1, 0.15) is 5.75 Å². The van der Waals surface area contributed by atoms with Crippen molar-refractivity contribution in [3.63, 3.8) is 0 Å². The fraction of sp³-hybridized carbons (Fsp3) is 0.227. The first-order valence-corrected chi connectivity index (χ1v) is 9.00. The quantitative estimate of drug-likeness (QED) is 0.689. The molecule has 0 spiro atoms. The van der Waals surface area contributed by atoms with Gasteiger partial charge in [-0.1, -0.05) is 56.3 Å². The lowest BCUT2D eigenvalue weighted by Gasteiger charge is -2.13. The lowest BCUT2D eigenvalue weighted by molar-refractivity contribution is -0.115. The third-order valence-corrected chi connectivity index (χ3v) is 4.07. The van der Waals surface area contributed by atoms with Gasteiger partial charge in [-0.05, 0) is 30.0 Å². The molecule has 0 saturated carbocycles. The summed E-state index contributed by atoms with van der Waals surface area (Å²) in [6.45, 7) is 4.22. The third-order valence-electron chi connectivity index (χ3n) is 4.07. The van der Waals surface area contributed by atoms with E-state index in [9.17, 15) is 9.90 Å². The Morgan fingerprint density at radius 3 is 2.44 bits per heavy atom. The maximum absolute atomic E-state index is 12.4. The van der Waals surface area contributed by atoms with Gasteiger partial charge in [0.05, 0.1) is 24.0 Å². The summed E-state index contributed by atoms with van der Waals surface area (Å²) in [5.74, 6) is 0.915. The molecule has 0 saturated heterocycles.